The molecule has 2 unspecified atom stereocenters. The highest BCUT2D eigenvalue weighted by molar-refractivity contribution is 5.41. The Bertz CT molecular complexity index is 702. The van der Waals surface area contributed by atoms with Crippen molar-refractivity contribution in [3.63, 3.8) is 0 Å². The van der Waals surface area contributed by atoms with Crippen molar-refractivity contribution in [3.8, 4) is 11.5 Å². The lowest BCUT2D eigenvalue weighted by Gasteiger charge is -2.26. The van der Waals surface area contributed by atoms with Crippen LogP contribution >= 0.6 is 0 Å². The van der Waals surface area contributed by atoms with Crippen molar-refractivity contribution in [3.05, 3.63) is 59.7 Å². The lowest BCUT2D eigenvalue weighted by Crippen LogP contribution is -2.25. The summed E-state index contributed by atoms with van der Waals surface area (Å²) in [5, 5.41) is 27.8. The first-order chi connectivity index (χ1) is 13.4. The summed E-state index contributed by atoms with van der Waals surface area (Å²) in [4.78, 5) is 4.38. The van der Waals surface area contributed by atoms with Gasteiger partial charge < -0.3 is 29.6 Å². The van der Waals surface area contributed by atoms with Crippen LogP contribution in [0.5, 0.6) is 11.5 Å². The third-order valence-electron chi connectivity index (χ3n) is 4.54. The maximum absolute atomic E-state index is 9.58. The highest BCUT2D eigenvalue weighted by atomic mass is 16.6. The molecule has 5 N–H and O–H groups in total. The first-order valence-electron chi connectivity index (χ1n) is 9.12. The Labute approximate surface area is 165 Å². The molecule has 0 saturated carbocycles. The molecule has 0 aromatic heterocycles. The molecule has 0 saturated heterocycles. The van der Waals surface area contributed by atoms with Crippen LogP contribution in [0.15, 0.2) is 48.5 Å². The van der Waals surface area contributed by atoms with Gasteiger partial charge in [0.2, 0.25) is 0 Å². The van der Waals surface area contributed by atoms with Gasteiger partial charge in [-0.3, -0.25) is 0 Å². The van der Waals surface area contributed by atoms with Gasteiger partial charge in [0, 0.05) is 5.41 Å². The van der Waals surface area contributed by atoms with E-state index in [4.69, 9.17) is 20.5 Å². The van der Waals surface area contributed by atoms with E-state index in [0.717, 1.165) is 11.1 Å². The van der Waals surface area contributed by atoms with Crippen LogP contribution < -0.4 is 15.4 Å². The molecule has 2 aromatic rings. The standard InChI is InChI=1S/C21H29NO6/c1-21(2,15-3-7-19(8-4-15)26-12-17(24)11-23)16-5-9-20(10-6-16)27-13-18(25)14-28-22/h3-10,17-18,23-25H,11-14,22H2,1-2H3. The van der Waals surface area contributed by atoms with Crippen molar-refractivity contribution < 1.29 is 29.6 Å². The van der Waals surface area contributed by atoms with Crippen LogP contribution in [0.4, 0.5) is 0 Å². The first-order valence-corrected chi connectivity index (χ1v) is 9.12. The summed E-state index contributed by atoms with van der Waals surface area (Å²) in [6.45, 7) is 4.08. The summed E-state index contributed by atoms with van der Waals surface area (Å²) in [6.07, 6.45) is -1.67. The van der Waals surface area contributed by atoms with Gasteiger partial charge in [-0.05, 0) is 35.4 Å². The van der Waals surface area contributed by atoms with E-state index in [1.54, 1.807) is 0 Å². The van der Waals surface area contributed by atoms with E-state index in [1.807, 2.05) is 48.5 Å². The third-order valence-corrected chi connectivity index (χ3v) is 4.54. The summed E-state index contributed by atoms with van der Waals surface area (Å²) in [5.41, 5.74) is 1.97. The second kappa shape index (κ2) is 10.4. The van der Waals surface area contributed by atoms with Crippen LogP contribution in [-0.4, -0.2) is 54.0 Å². The Hall–Kier alpha value is -2.16. The maximum Gasteiger partial charge on any atom is 0.119 e. The molecule has 0 fully saturated rings. The van der Waals surface area contributed by atoms with Crippen molar-refractivity contribution in [2.45, 2.75) is 31.5 Å². The summed E-state index contributed by atoms with van der Waals surface area (Å²) < 4.78 is 11.0. The Morgan fingerprint density at radius 2 is 1.21 bits per heavy atom. The molecule has 0 aliphatic carbocycles. The zero-order chi connectivity index (χ0) is 20.6. The number of aliphatic hydroxyl groups excluding tert-OH is 3. The van der Waals surface area contributed by atoms with Gasteiger partial charge in [-0.2, -0.15) is 0 Å². The molecule has 0 bridgehead atoms. The zero-order valence-electron chi connectivity index (χ0n) is 16.2. The van der Waals surface area contributed by atoms with Gasteiger partial charge in [0.15, 0.2) is 0 Å². The minimum absolute atomic E-state index is 0.0176. The van der Waals surface area contributed by atoms with Crippen LogP contribution in [0.2, 0.25) is 0 Å². The van der Waals surface area contributed by atoms with Crippen molar-refractivity contribution in [2.24, 2.45) is 5.90 Å². The molecule has 2 aromatic carbocycles. The average molecular weight is 391 g/mol. The van der Waals surface area contributed by atoms with Crippen molar-refractivity contribution >= 4 is 0 Å². The van der Waals surface area contributed by atoms with Crippen LogP contribution in [-0.2, 0) is 10.3 Å². The normalized spacial score (nSPS) is 13.8. The molecular weight excluding hydrogens is 362 g/mol. The Morgan fingerprint density at radius 1 is 0.786 bits per heavy atom. The van der Waals surface area contributed by atoms with E-state index in [-0.39, 0.29) is 31.8 Å². The zero-order valence-corrected chi connectivity index (χ0v) is 16.2. The summed E-state index contributed by atoms with van der Waals surface area (Å²) in [6, 6.07) is 15.4. The average Bonchev–Trinajstić information content (AvgIpc) is 2.71. The molecule has 2 atom stereocenters. The fourth-order valence-corrected chi connectivity index (χ4v) is 2.70. The van der Waals surface area contributed by atoms with E-state index in [9.17, 15) is 10.2 Å². The van der Waals surface area contributed by atoms with Crippen molar-refractivity contribution in [2.75, 3.05) is 26.4 Å². The molecule has 0 spiro atoms. The monoisotopic (exact) mass is 391 g/mol. The van der Waals surface area contributed by atoms with Crippen molar-refractivity contribution in [1.82, 2.24) is 0 Å². The first kappa shape index (κ1) is 22.1. The topological polar surface area (TPSA) is 114 Å². The smallest absolute Gasteiger partial charge is 0.119 e. The number of benzene rings is 2. The van der Waals surface area contributed by atoms with Crippen LogP contribution in [0.1, 0.15) is 25.0 Å². The highest BCUT2D eigenvalue weighted by Gasteiger charge is 2.23. The van der Waals surface area contributed by atoms with Gasteiger partial charge in [-0.1, -0.05) is 38.1 Å². The molecule has 0 aliphatic heterocycles. The molecule has 0 aliphatic rings. The van der Waals surface area contributed by atoms with Gasteiger partial charge in [-0.25, -0.2) is 5.90 Å². The molecule has 7 nitrogen and oxygen atoms in total. The van der Waals surface area contributed by atoms with Crippen LogP contribution in [0.25, 0.3) is 0 Å². The second-order valence-corrected chi connectivity index (χ2v) is 7.12. The summed E-state index contributed by atoms with van der Waals surface area (Å²) >= 11 is 0. The van der Waals surface area contributed by atoms with Gasteiger partial charge >= 0.3 is 0 Å². The molecule has 28 heavy (non-hydrogen) atoms. The van der Waals surface area contributed by atoms with E-state index < -0.39 is 12.2 Å². The van der Waals surface area contributed by atoms with Crippen LogP contribution in [0, 0.1) is 0 Å². The molecule has 154 valence electrons. The largest absolute Gasteiger partial charge is 0.491 e. The Balaban J connectivity index is 2.01. The minimum atomic E-state index is -0.888. The lowest BCUT2D eigenvalue weighted by atomic mass is 9.78. The molecular formula is C21H29NO6. The molecule has 7 heteroatoms. The highest BCUT2D eigenvalue weighted by Crippen LogP contribution is 2.33. The number of rotatable bonds is 11. The quantitative estimate of drug-likeness (QED) is 0.428. The summed E-state index contributed by atoms with van der Waals surface area (Å²) in [7, 11) is 0. The predicted molar refractivity (Wildman–Crippen MR) is 105 cm³/mol. The van der Waals surface area contributed by atoms with E-state index >= 15 is 0 Å². The lowest BCUT2D eigenvalue weighted by molar-refractivity contribution is 0.0116. The molecule has 0 radical (unpaired) electrons. The Morgan fingerprint density at radius 3 is 1.61 bits per heavy atom. The second-order valence-electron chi connectivity index (χ2n) is 7.12. The number of ether oxygens (including phenoxy) is 2. The van der Waals surface area contributed by atoms with Gasteiger partial charge in [-0.15, -0.1) is 0 Å². The van der Waals surface area contributed by atoms with Crippen molar-refractivity contribution in [1.29, 1.82) is 0 Å². The molecule has 0 heterocycles. The van der Waals surface area contributed by atoms with Gasteiger partial charge in [0.25, 0.3) is 0 Å². The predicted octanol–water partition coefficient (Wildman–Crippen LogP) is 1.37. The maximum atomic E-state index is 9.58. The third kappa shape index (κ3) is 6.19. The Kier molecular flexibility index (Phi) is 8.22. The number of hydrogen-bond donors (Lipinski definition) is 4. The number of aliphatic hydroxyl groups is 3. The van der Waals surface area contributed by atoms with E-state index in [2.05, 4.69) is 18.7 Å². The SMILES string of the molecule is CC(C)(c1ccc(OCC(O)CO)cc1)c1ccc(OCC(O)CON)cc1. The van der Waals surface area contributed by atoms with Gasteiger partial charge in [0.05, 0.1) is 13.2 Å². The number of nitrogens with two attached hydrogens (primary N) is 1. The fourth-order valence-electron chi connectivity index (χ4n) is 2.70. The minimum Gasteiger partial charge on any atom is -0.491 e. The van der Waals surface area contributed by atoms with Crippen LogP contribution in [0.3, 0.4) is 0 Å². The molecule has 0 amide bonds. The van der Waals surface area contributed by atoms with E-state index in [0.29, 0.717) is 11.5 Å². The van der Waals surface area contributed by atoms with Gasteiger partial charge in [0.1, 0.15) is 36.9 Å². The number of hydrogen-bond acceptors (Lipinski definition) is 7. The molecule has 2 rings (SSSR count). The summed E-state index contributed by atoms with van der Waals surface area (Å²) in [5.74, 6) is 6.21. The van der Waals surface area contributed by atoms with E-state index in [1.165, 1.54) is 0 Å². The fraction of sp³-hybridized carbons (Fsp3) is 0.429.